The maximum atomic E-state index is 12.3. The SMILES string of the molecule is Cn1ccc(C(=O)Nc2ccc(OS(=O)(=O)F)cc2)c1. The molecule has 0 unspecified atom stereocenters. The van der Waals surface area contributed by atoms with Gasteiger partial charge in [0.05, 0.1) is 5.56 Å². The summed E-state index contributed by atoms with van der Waals surface area (Å²) in [6.45, 7) is 0. The molecule has 6 nitrogen and oxygen atoms in total. The normalized spacial score (nSPS) is 11.1. The molecule has 0 spiro atoms. The Labute approximate surface area is 115 Å². The summed E-state index contributed by atoms with van der Waals surface area (Å²) >= 11 is 0. The summed E-state index contributed by atoms with van der Waals surface area (Å²) in [5.74, 6) is -0.484. The van der Waals surface area contributed by atoms with Crippen molar-refractivity contribution >= 4 is 22.1 Å². The number of halogens is 1. The molecule has 8 heteroatoms. The second kappa shape index (κ2) is 5.33. The maximum Gasteiger partial charge on any atom is 0.488 e. The predicted molar refractivity (Wildman–Crippen MR) is 70.5 cm³/mol. The van der Waals surface area contributed by atoms with Crippen LogP contribution < -0.4 is 9.50 Å². The van der Waals surface area contributed by atoms with Crippen LogP contribution >= 0.6 is 0 Å². The molecule has 2 aromatic rings. The minimum Gasteiger partial charge on any atom is -0.358 e. The van der Waals surface area contributed by atoms with Crippen molar-refractivity contribution in [3.8, 4) is 5.75 Å². The van der Waals surface area contributed by atoms with Crippen LogP contribution in [0.1, 0.15) is 10.4 Å². The van der Waals surface area contributed by atoms with E-state index in [1.807, 2.05) is 0 Å². The summed E-state index contributed by atoms with van der Waals surface area (Å²) < 4.78 is 38.6. The van der Waals surface area contributed by atoms with E-state index in [2.05, 4.69) is 9.50 Å². The van der Waals surface area contributed by atoms with Gasteiger partial charge in [0.25, 0.3) is 5.91 Å². The average Bonchev–Trinajstić information content (AvgIpc) is 2.77. The van der Waals surface area contributed by atoms with E-state index < -0.39 is 10.5 Å². The molecule has 0 radical (unpaired) electrons. The zero-order valence-corrected chi connectivity index (χ0v) is 11.2. The molecule has 0 bridgehead atoms. The summed E-state index contributed by atoms with van der Waals surface area (Å²) in [5.41, 5.74) is 0.918. The first-order chi connectivity index (χ1) is 9.33. The van der Waals surface area contributed by atoms with Gasteiger partial charge in [-0.25, -0.2) is 0 Å². The fourth-order valence-electron chi connectivity index (χ4n) is 1.55. The molecule has 1 amide bonds. The summed E-state index contributed by atoms with van der Waals surface area (Å²) in [7, 11) is -3.25. The Bertz CT molecular complexity index is 722. The summed E-state index contributed by atoms with van der Waals surface area (Å²) in [5, 5.41) is 2.61. The quantitative estimate of drug-likeness (QED) is 0.874. The second-order valence-corrected chi connectivity index (χ2v) is 4.97. The molecule has 0 aliphatic rings. The molecule has 0 atom stereocenters. The third-order valence-electron chi connectivity index (χ3n) is 2.40. The Morgan fingerprint density at radius 1 is 1.25 bits per heavy atom. The molecule has 0 saturated carbocycles. The lowest BCUT2D eigenvalue weighted by atomic mass is 10.2. The Balaban J connectivity index is 2.06. The van der Waals surface area contributed by atoms with Gasteiger partial charge in [0.2, 0.25) is 0 Å². The topological polar surface area (TPSA) is 77.4 Å². The number of aryl methyl sites for hydroxylation is 1. The lowest BCUT2D eigenvalue weighted by molar-refractivity contribution is 0.102. The van der Waals surface area contributed by atoms with Crippen LogP contribution in [0.2, 0.25) is 0 Å². The van der Waals surface area contributed by atoms with Crippen LogP contribution in [-0.4, -0.2) is 18.9 Å². The third kappa shape index (κ3) is 3.82. The van der Waals surface area contributed by atoms with E-state index in [9.17, 15) is 17.1 Å². The highest BCUT2D eigenvalue weighted by Gasteiger charge is 2.10. The van der Waals surface area contributed by atoms with E-state index in [4.69, 9.17) is 0 Å². The number of aromatic nitrogens is 1. The van der Waals surface area contributed by atoms with Crippen molar-refractivity contribution in [1.29, 1.82) is 0 Å². The molecule has 2 rings (SSSR count). The maximum absolute atomic E-state index is 12.3. The van der Waals surface area contributed by atoms with Gasteiger partial charge in [-0.15, -0.1) is 0 Å². The molecule has 1 aromatic carbocycles. The minimum absolute atomic E-state index is 0.176. The van der Waals surface area contributed by atoms with Crippen molar-refractivity contribution in [2.75, 3.05) is 5.32 Å². The van der Waals surface area contributed by atoms with Gasteiger partial charge in [-0.2, -0.15) is 8.42 Å². The molecule has 1 heterocycles. The molecule has 0 aliphatic heterocycles. The van der Waals surface area contributed by atoms with Gasteiger partial charge in [-0.1, -0.05) is 3.89 Å². The van der Waals surface area contributed by atoms with Crippen LogP contribution in [0.5, 0.6) is 5.75 Å². The van der Waals surface area contributed by atoms with Crippen LogP contribution in [-0.2, 0) is 17.6 Å². The van der Waals surface area contributed by atoms with Crippen molar-refractivity contribution in [3.05, 3.63) is 48.3 Å². The Kier molecular flexibility index (Phi) is 3.75. The number of carbonyl (C=O) groups is 1. The highest BCUT2D eigenvalue weighted by molar-refractivity contribution is 7.81. The van der Waals surface area contributed by atoms with Crippen LogP contribution in [0.15, 0.2) is 42.7 Å². The standard InChI is InChI=1S/C12H11FN2O4S/c1-15-7-6-9(8-15)12(16)14-10-2-4-11(5-3-10)19-20(13,17)18/h2-8H,1H3,(H,14,16). The number of hydrogen-bond acceptors (Lipinski definition) is 4. The number of rotatable bonds is 4. The first-order valence-corrected chi connectivity index (χ1v) is 6.82. The molecule has 0 aliphatic carbocycles. The van der Waals surface area contributed by atoms with E-state index in [1.165, 1.54) is 24.3 Å². The number of hydrogen-bond donors (Lipinski definition) is 1. The molecule has 0 saturated heterocycles. The molecule has 1 aromatic heterocycles. The third-order valence-corrected chi connectivity index (χ3v) is 2.79. The van der Waals surface area contributed by atoms with Gasteiger partial charge in [0.15, 0.2) is 0 Å². The Morgan fingerprint density at radius 3 is 2.40 bits per heavy atom. The van der Waals surface area contributed by atoms with Crippen molar-refractivity contribution < 1.29 is 21.3 Å². The van der Waals surface area contributed by atoms with E-state index in [0.29, 0.717) is 11.3 Å². The largest absolute Gasteiger partial charge is 0.488 e. The highest BCUT2D eigenvalue weighted by atomic mass is 32.3. The average molecular weight is 298 g/mol. The molecule has 20 heavy (non-hydrogen) atoms. The zero-order chi connectivity index (χ0) is 14.8. The van der Waals surface area contributed by atoms with Gasteiger partial charge in [0.1, 0.15) is 5.75 Å². The van der Waals surface area contributed by atoms with Crippen molar-refractivity contribution in [1.82, 2.24) is 4.57 Å². The first kappa shape index (κ1) is 14.1. The molecular formula is C12H11FN2O4S. The van der Waals surface area contributed by atoms with E-state index in [-0.39, 0.29) is 11.7 Å². The lowest BCUT2D eigenvalue weighted by Gasteiger charge is -2.05. The first-order valence-electron chi connectivity index (χ1n) is 5.51. The van der Waals surface area contributed by atoms with Gasteiger partial charge in [-0.3, -0.25) is 4.79 Å². The second-order valence-electron chi connectivity index (χ2n) is 4.02. The van der Waals surface area contributed by atoms with Crippen LogP contribution in [0.25, 0.3) is 0 Å². The Morgan fingerprint density at radius 2 is 1.90 bits per heavy atom. The minimum atomic E-state index is -5.04. The number of anilines is 1. The number of benzene rings is 1. The van der Waals surface area contributed by atoms with E-state index in [0.717, 1.165) is 0 Å². The summed E-state index contributed by atoms with van der Waals surface area (Å²) in [6.07, 6.45) is 3.39. The lowest BCUT2D eigenvalue weighted by Crippen LogP contribution is -2.11. The number of amides is 1. The smallest absolute Gasteiger partial charge is 0.358 e. The summed E-state index contributed by atoms with van der Waals surface area (Å²) in [6, 6.07) is 6.93. The molecule has 106 valence electrons. The number of carbonyl (C=O) groups excluding carboxylic acids is 1. The van der Waals surface area contributed by atoms with Gasteiger partial charge in [0, 0.05) is 25.1 Å². The van der Waals surface area contributed by atoms with Gasteiger partial charge in [-0.05, 0) is 30.3 Å². The fraction of sp³-hybridized carbons (Fsp3) is 0.0833. The van der Waals surface area contributed by atoms with Gasteiger partial charge < -0.3 is 14.1 Å². The number of nitrogens with one attached hydrogen (secondary N) is 1. The predicted octanol–water partition coefficient (Wildman–Crippen LogP) is 1.87. The summed E-state index contributed by atoms with van der Waals surface area (Å²) in [4.78, 5) is 11.8. The molecule has 0 fully saturated rings. The van der Waals surface area contributed by atoms with Crippen molar-refractivity contribution in [3.63, 3.8) is 0 Å². The Hall–Kier alpha value is -2.35. The van der Waals surface area contributed by atoms with Crippen LogP contribution in [0, 0.1) is 0 Å². The van der Waals surface area contributed by atoms with Crippen LogP contribution in [0.4, 0.5) is 9.57 Å². The number of nitrogens with zero attached hydrogens (tertiary/aromatic N) is 1. The molecular weight excluding hydrogens is 287 g/mol. The van der Waals surface area contributed by atoms with Crippen molar-refractivity contribution in [2.45, 2.75) is 0 Å². The van der Waals surface area contributed by atoms with Crippen LogP contribution in [0.3, 0.4) is 0 Å². The van der Waals surface area contributed by atoms with E-state index in [1.54, 1.807) is 30.1 Å². The highest BCUT2D eigenvalue weighted by Crippen LogP contribution is 2.18. The molecule has 1 N–H and O–H groups in total. The van der Waals surface area contributed by atoms with E-state index >= 15 is 0 Å². The van der Waals surface area contributed by atoms with Crippen molar-refractivity contribution in [2.24, 2.45) is 7.05 Å². The monoisotopic (exact) mass is 298 g/mol. The fourth-order valence-corrected chi connectivity index (χ4v) is 1.89. The zero-order valence-electron chi connectivity index (χ0n) is 10.4. The van der Waals surface area contributed by atoms with Gasteiger partial charge >= 0.3 is 10.5 Å².